The highest BCUT2D eigenvalue weighted by Crippen LogP contribution is 2.22. The Labute approximate surface area is 113 Å². The van der Waals surface area contributed by atoms with Crippen LogP contribution in [0.4, 0.5) is 0 Å². The largest absolute Gasteiger partial charge is 0.367 e. The third-order valence-electron chi connectivity index (χ3n) is 3.93. The Morgan fingerprint density at radius 3 is 2.95 bits per heavy atom. The van der Waals surface area contributed by atoms with E-state index in [4.69, 9.17) is 9.26 Å². The molecule has 0 spiro atoms. The van der Waals surface area contributed by atoms with Gasteiger partial charge in [0, 0.05) is 25.6 Å². The molecule has 1 aromatic heterocycles. The maximum Gasteiger partial charge on any atom is 0.227 e. The summed E-state index contributed by atoms with van der Waals surface area (Å²) < 4.78 is 11.1. The van der Waals surface area contributed by atoms with Gasteiger partial charge in [0.2, 0.25) is 11.7 Å². The van der Waals surface area contributed by atoms with Gasteiger partial charge in [0.15, 0.2) is 0 Å². The topological polar surface area (TPSA) is 63.4 Å². The first-order valence-corrected chi connectivity index (χ1v) is 7.11. The SMILES string of the molecule is CC(C)N1CCOC(c2noc(CC3CNC3)n2)C1. The predicted molar refractivity (Wildman–Crippen MR) is 69.8 cm³/mol. The fourth-order valence-corrected chi connectivity index (χ4v) is 2.52. The van der Waals surface area contributed by atoms with E-state index in [1.165, 1.54) is 0 Å². The van der Waals surface area contributed by atoms with Gasteiger partial charge in [-0.2, -0.15) is 4.98 Å². The van der Waals surface area contributed by atoms with Crippen LogP contribution in [-0.4, -0.2) is 53.9 Å². The summed E-state index contributed by atoms with van der Waals surface area (Å²) in [6.45, 7) is 9.08. The molecule has 0 bridgehead atoms. The van der Waals surface area contributed by atoms with Crippen molar-refractivity contribution >= 4 is 0 Å². The van der Waals surface area contributed by atoms with Crippen LogP contribution in [0.1, 0.15) is 31.7 Å². The highest BCUT2D eigenvalue weighted by Gasteiger charge is 2.28. The molecule has 2 saturated heterocycles. The minimum Gasteiger partial charge on any atom is -0.367 e. The zero-order valence-corrected chi connectivity index (χ0v) is 11.6. The van der Waals surface area contributed by atoms with Gasteiger partial charge >= 0.3 is 0 Å². The van der Waals surface area contributed by atoms with Gasteiger partial charge in [-0.15, -0.1) is 0 Å². The zero-order chi connectivity index (χ0) is 13.2. The molecular weight excluding hydrogens is 244 g/mol. The van der Waals surface area contributed by atoms with Crippen LogP contribution in [0.3, 0.4) is 0 Å². The molecule has 6 nitrogen and oxygen atoms in total. The molecule has 2 aliphatic heterocycles. The molecule has 3 heterocycles. The van der Waals surface area contributed by atoms with Crippen LogP contribution in [0, 0.1) is 5.92 Å². The Morgan fingerprint density at radius 1 is 1.42 bits per heavy atom. The van der Waals surface area contributed by atoms with Crippen LogP contribution >= 0.6 is 0 Å². The average Bonchev–Trinajstić information content (AvgIpc) is 2.83. The summed E-state index contributed by atoms with van der Waals surface area (Å²) in [5.41, 5.74) is 0. The monoisotopic (exact) mass is 266 g/mol. The van der Waals surface area contributed by atoms with Crippen LogP contribution in [0.15, 0.2) is 4.52 Å². The molecule has 0 radical (unpaired) electrons. The van der Waals surface area contributed by atoms with E-state index in [0.717, 1.165) is 45.1 Å². The minimum absolute atomic E-state index is 0.0480. The molecule has 1 aromatic rings. The molecule has 1 unspecified atom stereocenters. The maximum absolute atomic E-state index is 5.76. The van der Waals surface area contributed by atoms with Crippen molar-refractivity contribution in [3.8, 4) is 0 Å². The van der Waals surface area contributed by atoms with Crippen molar-refractivity contribution in [1.29, 1.82) is 0 Å². The van der Waals surface area contributed by atoms with Gasteiger partial charge in [-0.3, -0.25) is 4.90 Å². The van der Waals surface area contributed by atoms with Gasteiger partial charge < -0.3 is 14.6 Å². The van der Waals surface area contributed by atoms with E-state index in [2.05, 4.69) is 34.2 Å². The third kappa shape index (κ3) is 2.96. The summed E-state index contributed by atoms with van der Waals surface area (Å²) in [4.78, 5) is 6.88. The second-order valence-corrected chi connectivity index (χ2v) is 5.72. The van der Waals surface area contributed by atoms with Gasteiger partial charge in [-0.1, -0.05) is 5.16 Å². The molecule has 2 aliphatic rings. The summed E-state index contributed by atoms with van der Waals surface area (Å²) in [5, 5.41) is 7.34. The summed E-state index contributed by atoms with van der Waals surface area (Å²) >= 11 is 0. The van der Waals surface area contributed by atoms with Crippen molar-refractivity contribution in [3.63, 3.8) is 0 Å². The molecule has 1 atom stereocenters. The maximum atomic E-state index is 5.76. The summed E-state index contributed by atoms with van der Waals surface area (Å²) in [6, 6.07) is 0.527. The number of nitrogens with zero attached hydrogens (tertiary/aromatic N) is 3. The first-order chi connectivity index (χ1) is 9.22. The van der Waals surface area contributed by atoms with E-state index in [0.29, 0.717) is 17.8 Å². The number of morpholine rings is 1. The van der Waals surface area contributed by atoms with Crippen LogP contribution in [0.5, 0.6) is 0 Å². The molecule has 0 aliphatic carbocycles. The first kappa shape index (κ1) is 13.0. The van der Waals surface area contributed by atoms with Crippen molar-refractivity contribution in [2.75, 3.05) is 32.8 Å². The van der Waals surface area contributed by atoms with Crippen LogP contribution < -0.4 is 5.32 Å². The average molecular weight is 266 g/mol. The van der Waals surface area contributed by atoms with Crippen molar-refractivity contribution in [1.82, 2.24) is 20.4 Å². The molecule has 3 rings (SSSR count). The lowest BCUT2D eigenvalue weighted by Gasteiger charge is -2.34. The normalized spacial score (nSPS) is 25.7. The molecule has 0 amide bonds. The fourth-order valence-electron chi connectivity index (χ4n) is 2.52. The predicted octanol–water partition coefficient (Wildman–Crippen LogP) is 0.613. The van der Waals surface area contributed by atoms with E-state index < -0.39 is 0 Å². The van der Waals surface area contributed by atoms with E-state index in [1.807, 2.05) is 0 Å². The molecule has 2 fully saturated rings. The molecular formula is C13H22N4O2. The van der Waals surface area contributed by atoms with Gasteiger partial charge in [0.05, 0.1) is 6.61 Å². The quantitative estimate of drug-likeness (QED) is 0.861. The Kier molecular flexibility index (Phi) is 3.81. The van der Waals surface area contributed by atoms with Crippen molar-refractivity contribution in [2.45, 2.75) is 32.4 Å². The minimum atomic E-state index is -0.0480. The number of hydrogen-bond donors (Lipinski definition) is 1. The molecule has 1 N–H and O–H groups in total. The van der Waals surface area contributed by atoms with E-state index >= 15 is 0 Å². The summed E-state index contributed by atoms with van der Waals surface area (Å²) in [6.07, 6.45) is 0.828. The van der Waals surface area contributed by atoms with Crippen molar-refractivity contribution in [2.24, 2.45) is 5.92 Å². The van der Waals surface area contributed by atoms with E-state index in [-0.39, 0.29) is 6.10 Å². The molecule has 106 valence electrons. The number of nitrogens with one attached hydrogen (secondary N) is 1. The van der Waals surface area contributed by atoms with Gasteiger partial charge in [-0.05, 0) is 32.9 Å². The Balaban J connectivity index is 1.61. The number of ether oxygens (including phenoxy) is 1. The Bertz CT molecular complexity index is 417. The molecule has 0 aromatic carbocycles. The lowest BCUT2D eigenvalue weighted by molar-refractivity contribution is -0.0450. The lowest BCUT2D eigenvalue weighted by Crippen LogP contribution is -2.43. The Morgan fingerprint density at radius 2 is 2.26 bits per heavy atom. The van der Waals surface area contributed by atoms with Gasteiger partial charge in [-0.25, -0.2) is 0 Å². The smallest absolute Gasteiger partial charge is 0.227 e. The number of aromatic nitrogens is 2. The van der Waals surface area contributed by atoms with Crippen molar-refractivity contribution in [3.05, 3.63) is 11.7 Å². The van der Waals surface area contributed by atoms with Crippen LogP contribution in [0.25, 0.3) is 0 Å². The molecule has 19 heavy (non-hydrogen) atoms. The number of hydrogen-bond acceptors (Lipinski definition) is 6. The second-order valence-electron chi connectivity index (χ2n) is 5.72. The van der Waals surface area contributed by atoms with Crippen molar-refractivity contribution < 1.29 is 9.26 Å². The van der Waals surface area contributed by atoms with Crippen LogP contribution in [-0.2, 0) is 11.2 Å². The standard InChI is InChI=1S/C13H22N4O2/c1-9(2)17-3-4-18-11(8-17)13-15-12(19-16-13)5-10-6-14-7-10/h9-11,14H,3-8H2,1-2H3. The molecule has 6 heteroatoms. The van der Waals surface area contributed by atoms with E-state index in [1.54, 1.807) is 0 Å². The first-order valence-electron chi connectivity index (χ1n) is 7.11. The van der Waals surface area contributed by atoms with Gasteiger partial charge in [0.25, 0.3) is 0 Å². The number of rotatable bonds is 4. The molecule has 0 saturated carbocycles. The third-order valence-corrected chi connectivity index (χ3v) is 3.93. The summed E-state index contributed by atoms with van der Waals surface area (Å²) in [5.74, 6) is 2.09. The highest BCUT2D eigenvalue weighted by atomic mass is 16.5. The van der Waals surface area contributed by atoms with Crippen LogP contribution in [0.2, 0.25) is 0 Å². The lowest BCUT2D eigenvalue weighted by atomic mass is 10.00. The fraction of sp³-hybridized carbons (Fsp3) is 0.846. The zero-order valence-electron chi connectivity index (χ0n) is 11.6. The summed E-state index contributed by atoms with van der Waals surface area (Å²) in [7, 11) is 0. The highest BCUT2D eigenvalue weighted by molar-refractivity contribution is 4.96. The van der Waals surface area contributed by atoms with Gasteiger partial charge in [0.1, 0.15) is 6.10 Å². The Hall–Kier alpha value is -0.980. The second kappa shape index (κ2) is 5.56. The van der Waals surface area contributed by atoms with E-state index in [9.17, 15) is 0 Å².